The normalized spacial score (nSPS) is 14.9. The number of hydrogen-bond donors (Lipinski definition) is 5. The largest absolute Gasteiger partial charge is 0.472 e. The molecule has 0 bridgehead atoms. The van der Waals surface area contributed by atoms with Crippen molar-refractivity contribution in [1.82, 2.24) is 0 Å². The van der Waals surface area contributed by atoms with Gasteiger partial charge < -0.3 is 34.4 Å². The van der Waals surface area contributed by atoms with Crippen LogP contribution in [0.4, 0.5) is 0 Å². The van der Waals surface area contributed by atoms with Gasteiger partial charge in [0, 0.05) is 12.8 Å². The second-order valence-corrected chi connectivity index (χ2v) is 19.4. The summed E-state index contributed by atoms with van der Waals surface area (Å²) in [6, 6.07) is 0. The zero-order valence-electron chi connectivity index (χ0n) is 38.5. The number of ether oxygens (including phenoxy) is 2. The maximum absolute atomic E-state index is 12.7. The predicted molar refractivity (Wildman–Crippen MR) is 245 cm³/mol. The Morgan fingerprint density at radius 1 is 0.548 bits per heavy atom. The van der Waals surface area contributed by atoms with E-state index in [-0.39, 0.29) is 12.8 Å². The molecule has 0 aromatic rings. The van der Waals surface area contributed by atoms with Gasteiger partial charge in [-0.15, -0.1) is 0 Å². The first-order chi connectivity index (χ1) is 29.6. The van der Waals surface area contributed by atoms with Crippen molar-refractivity contribution in [1.29, 1.82) is 0 Å². The molecule has 0 aromatic heterocycles. The van der Waals surface area contributed by atoms with Crippen LogP contribution in [0.5, 0.6) is 0 Å². The number of carbonyl (C=O) groups excluding carboxylic acids is 2. The van der Waals surface area contributed by atoms with Crippen LogP contribution < -0.4 is 0 Å². The molecule has 62 heavy (non-hydrogen) atoms. The average molecular weight is 925 g/mol. The molecule has 0 spiro atoms. The summed E-state index contributed by atoms with van der Waals surface area (Å²) in [7, 11) is -9.71. The van der Waals surface area contributed by atoms with Gasteiger partial charge >= 0.3 is 27.6 Å². The minimum Gasteiger partial charge on any atom is -0.462 e. The van der Waals surface area contributed by atoms with E-state index >= 15 is 0 Å². The van der Waals surface area contributed by atoms with Crippen LogP contribution >= 0.6 is 15.6 Å². The molecule has 4 atom stereocenters. The summed E-state index contributed by atoms with van der Waals surface area (Å²) in [6.45, 7) is 3.88. The van der Waals surface area contributed by atoms with Gasteiger partial charge in [-0.3, -0.25) is 23.2 Å². The average Bonchev–Trinajstić information content (AvgIpc) is 3.21. The Morgan fingerprint density at radius 2 is 1.02 bits per heavy atom. The molecule has 16 heteroatoms. The molecule has 0 heterocycles. The molecule has 0 fully saturated rings. The van der Waals surface area contributed by atoms with E-state index in [1.54, 1.807) is 6.08 Å². The predicted octanol–water partition coefficient (Wildman–Crippen LogP) is 11.3. The number of aliphatic hydroxyl groups excluding tert-OH is 2. The van der Waals surface area contributed by atoms with Gasteiger partial charge in [0.05, 0.1) is 25.9 Å². The van der Waals surface area contributed by atoms with Crippen molar-refractivity contribution in [3.8, 4) is 0 Å². The number of rotatable bonds is 44. The third kappa shape index (κ3) is 44.9. The molecule has 0 saturated heterocycles. The summed E-state index contributed by atoms with van der Waals surface area (Å²) >= 11 is 0. The lowest BCUT2D eigenvalue weighted by molar-refractivity contribution is -0.161. The molecule has 0 radical (unpaired) electrons. The van der Waals surface area contributed by atoms with Gasteiger partial charge in [0.1, 0.15) is 12.7 Å². The molecule has 0 aliphatic heterocycles. The van der Waals surface area contributed by atoms with Crippen molar-refractivity contribution >= 4 is 27.6 Å². The van der Waals surface area contributed by atoms with Crippen LogP contribution in [0.25, 0.3) is 0 Å². The maximum Gasteiger partial charge on any atom is 0.472 e. The zero-order valence-corrected chi connectivity index (χ0v) is 40.3. The molecule has 0 saturated carbocycles. The molecule has 0 aromatic carbocycles. The lowest BCUT2D eigenvalue weighted by Gasteiger charge is -2.20. The Bertz CT molecular complexity index is 1270. The smallest absolute Gasteiger partial charge is 0.462 e. The minimum atomic E-state index is -4.88. The summed E-state index contributed by atoms with van der Waals surface area (Å²) < 4.78 is 47.8. The topological polar surface area (TPSA) is 216 Å². The van der Waals surface area contributed by atoms with Gasteiger partial charge in [-0.25, -0.2) is 9.13 Å². The van der Waals surface area contributed by atoms with E-state index in [9.17, 15) is 33.8 Å². The first-order valence-corrected chi connectivity index (χ1v) is 26.7. The highest BCUT2D eigenvalue weighted by Crippen LogP contribution is 2.43. The number of esters is 2. The molecule has 364 valence electrons. The number of phosphoric acid groups is 2. The number of phosphoric ester groups is 2. The molecule has 0 aliphatic carbocycles. The van der Waals surface area contributed by atoms with Gasteiger partial charge in [0.2, 0.25) is 0 Å². The molecule has 14 nitrogen and oxygen atoms in total. The van der Waals surface area contributed by atoms with Crippen LogP contribution in [-0.4, -0.2) is 81.6 Å². The molecular weight excluding hydrogens is 838 g/mol. The summed E-state index contributed by atoms with van der Waals surface area (Å²) in [5, 5.41) is 19.9. The van der Waals surface area contributed by atoms with Crippen LogP contribution in [0, 0.1) is 5.92 Å². The van der Waals surface area contributed by atoms with E-state index in [4.69, 9.17) is 23.8 Å². The Labute approximate surface area is 374 Å². The summed E-state index contributed by atoms with van der Waals surface area (Å²) in [4.78, 5) is 52.8. The standard InChI is InChI=1S/C46H86O14P2/c1-4-5-6-7-18-23-28-33-42(47)34-29-24-21-26-31-36-46(50)60-44(40-59-62(54,55)58-38-43(48)37-57-61(51,52)53)39-56-45(49)35-30-25-20-17-15-13-11-9-8-10-12-14-16-19-22-27-32-41(2)3/h5-6,18,23,28,33,41-44,47-48H,4,7-17,19-22,24-27,29-32,34-40H2,1-3H3,(H,54,55)(H2,51,52,53)/b6-5+,23-18+,33-28+/t42?,43-,44+/m0/s1. The third-order valence-corrected chi connectivity index (χ3v) is 11.5. The molecule has 5 N–H and O–H groups in total. The molecule has 0 amide bonds. The fourth-order valence-corrected chi connectivity index (χ4v) is 7.64. The van der Waals surface area contributed by atoms with Gasteiger partial charge in [-0.2, -0.15) is 0 Å². The highest BCUT2D eigenvalue weighted by molar-refractivity contribution is 7.47. The van der Waals surface area contributed by atoms with E-state index < -0.39 is 72.3 Å². The fraction of sp³-hybridized carbons (Fsp3) is 0.826. The number of unbranched alkanes of at least 4 members (excludes halogenated alkanes) is 19. The van der Waals surface area contributed by atoms with Gasteiger partial charge in [-0.1, -0.05) is 186 Å². The Morgan fingerprint density at radius 3 is 1.53 bits per heavy atom. The third-order valence-electron chi connectivity index (χ3n) is 10.1. The number of aliphatic hydroxyl groups is 2. The SMILES string of the molecule is CC/C=C/C/C=C/C=C/C(O)CCCCCCCC(=O)O[C@H](COC(=O)CCCCCCCCCCCCCCCCCCC(C)C)COP(=O)(O)OC[C@@H](O)COP(=O)(O)O. The van der Waals surface area contributed by atoms with E-state index in [0.29, 0.717) is 19.3 Å². The fourth-order valence-electron chi connectivity index (χ4n) is 6.48. The molecule has 2 unspecified atom stereocenters. The van der Waals surface area contributed by atoms with E-state index in [1.165, 1.54) is 83.5 Å². The second kappa shape index (κ2) is 40.8. The Kier molecular flexibility index (Phi) is 39.7. The molecular formula is C46H86O14P2. The van der Waals surface area contributed by atoms with E-state index in [1.807, 2.05) is 18.2 Å². The molecule has 0 aliphatic rings. The van der Waals surface area contributed by atoms with E-state index in [0.717, 1.165) is 63.7 Å². The quantitative estimate of drug-likeness (QED) is 0.0126. The highest BCUT2D eigenvalue weighted by atomic mass is 31.2. The van der Waals surface area contributed by atoms with Gasteiger partial charge in [0.15, 0.2) is 6.10 Å². The van der Waals surface area contributed by atoms with E-state index in [2.05, 4.69) is 42.0 Å². The summed E-state index contributed by atoms with van der Waals surface area (Å²) in [5.74, 6) is -0.282. The van der Waals surface area contributed by atoms with Gasteiger partial charge in [-0.05, 0) is 38.0 Å². The van der Waals surface area contributed by atoms with Crippen LogP contribution in [0.1, 0.15) is 194 Å². The van der Waals surface area contributed by atoms with Crippen LogP contribution in [0.3, 0.4) is 0 Å². The van der Waals surface area contributed by atoms with Crippen LogP contribution in [0.15, 0.2) is 36.5 Å². The highest BCUT2D eigenvalue weighted by Gasteiger charge is 2.28. The summed E-state index contributed by atoms with van der Waals surface area (Å²) in [5.41, 5.74) is 0. The van der Waals surface area contributed by atoms with Crippen molar-refractivity contribution in [3.63, 3.8) is 0 Å². The number of allylic oxidation sites excluding steroid dienone is 5. The van der Waals surface area contributed by atoms with Gasteiger partial charge in [0.25, 0.3) is 0 Å². The first kappa shape index (κ1) is 60.3. The van der Waals surface area contributed by atoms with Crippen LogP contribution in [0.2, 0.25) is 0 Å². The van der Waals surface area contributed by atoms with Crippen LogP contribution in [-0.2, 0) is 41.8 Å². The Hall–Kier alpha value is -1.70. The Balaban J connectivity index is 4.50. The monoisotopic (exact) mass is 925 g/mol. The zero-order chi connectivity index (χ0) is 46.2. The number of hydrogen-bond acceptors (Lipinski definition) is 11. The maximum atomic E-state index is 12.7. The lowest BCUT2D eigenvalue weighted by Crippen LogP contribution is -2.30. The minimum absolute atomic E-state index is 0.0630. The second-order valence-electron chi connectivity index (χ2n) is 16.7. The van der Waals surface area contributed by atoms with Crippen molar-refractivity contribution in [2.45, 2.75) is 212 Å². The van der Waals surface area contributed by atoms with Crippen molar-refractivity contribution in [3.05, 3.63) is 36.5 Å². The first-order valence-electron chi connectivity index (χ1n) is 23.6. The van der Waals surface area contributed by atoms with Crippen molar-refractivity contribution in [2.24, 2.45) is 5.92 Å². The van der Waals surface area contributed by atoms with Crippen molar-refractivity contribution in [2.75, 3.05) is 26.4 Å². The lowest BCUT2D eigenvalue weighted by atomic mass is 10.0. The van der Waals surface area contributed by atoms with Crippen molar-refractivity contribution < 1.29 is 66.7 Å². The number of carbonyl (C=O) groups is 2. The summed E-state index contributed by atoms with van der Waals surface area (Å²) in [6.07, 6.45) is 35.9. The molecule has 0 rings (SSSR count).